The van der Waals surface area contributed by atoms with Gasteiger partial charge < -0.3 is 19.9 Å². The van der Waals surface area contributed by atoms with Gasteiger partial charge in [0.15, 0.2) is 5.82 Å². The average molecular weight is 342 g/mol. The van der Waals surface area contributed by atoms with Gasteiger partial charge in [0.1, 0.15) is 17.9 Å². The van der Waals surface area contributed by atoms with Crippen molar-refractivity contribution in [3.8, 4) is 5.75 Å². The van der Waals surface area contributed by atoms with Crippen LogP contribution in [-0.2, 0) is 5.54 Å². The summed E-state index contributed by atoms with van der Waals surface area (Å²) in [4.78, 5) is 17.0. The first-order valence-corrected chi connectivity index (χ1v) is 8.69. The second kappa shape index (κ2) is 6.06. The summed E-state index contributed by atoms with van der Waals surface area (Å²) in [5.74, 6) is 1.91. The fourth-order valence-electron chi connectivity index (χ4n) is 3.74. The third-order valence-corrected chi connectivity index (χ3v) is 5.02. The number of ether oxygens (including phenoxy) is 1. The molecule has 7 heteroatoms. The molecule has 2 amide bonds. The lowest BCUT2D eigenvalue weighted by molar-refractivity contribution is 0.213. The van der Waals surface area contributed by atoms with E-state index in [9.17, 15) is 4.79 Å². The van der Waals surface area contributed by atoms with Crippen molar-refractivity contribution in [2.45, 2.75) is 51.1 Å². The van der Waals surface area contributed by atoms with Gasteiger partial charge in [0.25, 0.3) is 0 Å². The number of carbonyl (C=O) groups excluding carboxylic acids is 1. The summed E-state index contributed by atoms with van der Waals surface area (Å²) in [6.45, 7) is 4.23. The number of hydrogen-bond acceptors (Lipinski definition) is 5. The second-order valence-electron chi connectivity index (χ2n) is 6.93. The van der Waals surface area contributed by atoms with Crippen molar-refractivity contribution < 1.29 is 14.1 Å². The third-order valence-electron chi connectivity index (χ3n) is 5.02. The van der Waals surface area contributed by atoms with Gasteiger partial charge in [-0.2, -0.15) is 4.98 Å². The Morgan fingerprint density at radius 3 is 2.80 bits per heavy atom. The summed E-state index contributed by atoms with van der Waals surface area (Å²) in [5, 5.41) is 10.2. The molecular weight excluding hydrogens is 320 g/mol. The Morgan fingerprint density at radius 1 is 1.28 bits per heavy atom. The Balaban J connectivity index is 1.50. The maximum atomic E-state index is 12.7. The SMILES string of the molecule is Cc1ccc2c(c1)[C@@H](NC(=O)NC1(c3noc(C)n3)CCCC1)CO2. The van der Waals surface area contributed by atoms with E-state index in [0.29, 0.717) is 18.3 Å². The number of benzene rings is 1. The van der Waals surface area contributed by atoms with Crippen LogP contribution in [0.1, 0.15) is 54.6 Å². The lowest BCUT2D eigenvalue weighted by atomic mass is 9.97. The molecule has 0 saturated heterocycles. The molecule has 1 aliphatic heterocycles. The summed E-state index contributed by atoms with van der Waals surface area (Å²) in [6, 6.07) is 5.63. The van der Waals surface area contributed by atoms with Crippen LogP contribution in [0.3, 0.4) is 0 Å². The quantitative estimate of drug-likeness (QED) is 0.895. The molecule has 0 radical (unpaired) electrons. The average Bonchev–Trinajstić information content (AvgIpc) is 3.29. The minimum atomic E-state index is -0.545. The Hall–Kier alpha value is -2.57. The van der Waals surface area contributed by atoms with Crippen LogP contribution in [0.4, 0.5) is 4.79 Å². The van der Waals surface area contributed by atoms with E-state index in [4.69, 9.17) is 9.26 Å². The van der Waals surface area contributed by atoms with E-state index < -0.39 is 5.54 Å². The molecule has 7 nitrogen and oxygen atoms in total. The van der Waals surface area contributed by atoms with Gasteiger partial charge in [-0.15, -0.1) is 0 Å². The molecule has 1 aromatic carbocycles. The molecule has 1 aromatic heterocycles. The molecule has 2 aliphatic rings. The van der Waals surface area contributed by atoms with Crippen molar-refractivity contribution in [1.82, 2.24) is 20.8 Å². The number of aryl methyl sites for hydroxylation is 2. The van der Waals surface area contributed by atoms with E-state index in [-0.39, 0.29) is 12.1 Å². The maximum absolute atomic E-state index is 12.7. The number of urea groups is 1. The van der Waals surface area contributed by atoms with E-state index in [1.807, 2.05) is 19.1 Å². The normalized spacial score (nSPS) is 20.8. The van der Waals surface area contributed by atoms with Gasteiger partial charge in [0.2, 0.25) is 5.89 Å². The highest BCUT2D eigenvalue weighted by Crippen LogP contribution is 2.38. The number of carbonyl (C=O) groups is 1. The first-order valence-electron chi connectivity index (χ1n) is 8.69. The van der Waals surface area contributed by atoms with Crippen molar-refractivity contribution in [1.29, 1.82) is 0 Å². The van der Waals surface area contributed by atoms with Gasteiger partial charge in [0, 0.05) is 12.5 Å². The van der Waals surface area contributed by atoms with Crippen LogP contribution in [-0.4, -0.2) is 22.8 Å². The number of rotatable bonds is 3. The Kier molecular flexibility index (Phi) is 3.86. The monoisotopic (exact) mass is 342 g/mol. The molecular formula is C18H22N4O3. The molecule has 2 N–H and O–H groups in total. The lowest BCUT2D eigenvalue weighted by Crippen LogP contribution is -2.50. The summed E-state index contributed by atoms with van der Waals surface area (Å²) < 4.78 is 10.8. The molecule has 1 aliphatic carbocycles. The minimum absolute atomic E-state index is 0.152. The highest BCUT2D eigenvalue weighted by atomic mass is 16.5. The molecule has 1 atom stereocenters. The van der Waals surface area contributed by atoms with E-state index >= 15 is 0 Å². The first kappa shape index (κ1) is 15.9. The highest BCUT2D eigenvalue weighted by molar-refractivity contribution is 5.76. The van der Waals surface area contributed by atoms with Gasteiger partial charge in [-0.25, -0.2) is 4.79 Å². The van der Waals surface area contributed by atoms with E-state index in [1.54, 1.807) is 6.92 Å². The molecule has 0 bridgehead atoms. The highest BCUT2D eigenvalue weighted by Gasteiger charge is 2.41. The van der Waals surface area contributed by atoms with Crippen LogP contribution in [0.5, 0.6) is 5.75 Å². The Morgan fingerprint density at radius 2 is 2.08 bits per heavy atom. The molecule has 2 aromatic rings. The van der Waals surface area contributed by atoms with Gasteiger partial charge in [-0.1, -0.05) is 35.7 Å². The number of fused-ring (bicyclic) bond motifs is 1. The standard InChI is InChI=1S/C18H22N4O3/c1-11-5-6-15-13(9-11)14(10-24-15)20-17(23)21-18(7-3-4-8-18)16-19-12(2)25-22-16/h5-6,9,14H,3-4,7-8,10H2,1-2H3,(H2,20,21,23)/t14-/m0/s1. The first-order chi connectivity index (χ1) is 12.1. The molecule has 4 rings (SSSR count). The van der Waals surface area contributed by atoms with Gasteiger partial charge >= 0.3 is 6.03 Å². The van der Waals surface area contributed by atoms with Gasteiger partial charge in [-0.05, 0) is 25.8 Å². The number of aromatic nitrogens is 2. The van der Waals surface area contributed by atoms with Crippen LogP contribution in [0.2, 0.25) is 0 Å². The molecule has 0 spiro atoms. The fourth-order valence-corrected chi connectivity index (χ4v) is 3.74. The molecule has 132 valence electrons. The number of amides is 2. The smallest absolute Gasteiger partial charge is 0.316 e. The van der Waals surface area contributed by atoms with Crippen LogP contribution >= 0.6 is 0 Å². The molecule has 2 heterocycles. The predicted molar refractivity (Wildman–Crippen MR) is 90.3 cm³/mol. The van der Waals surface area contributed by atoms with Crippen LogP contribution in [0.15, 0.2) is 22.7 Å². The molecule has 1 saturated carbocycles. The topological polar surface area (TPSA) is 89.3 Å². The zero-order valence-corrected chi connectivity index (χ0v) is 14.5. The Bertz CT molecular complexity index is 795. The van der Waals surface area contributed by atoms with Crippen molar-refractivity contribution in [2.75, 3.05) is 6.61 Å². The third kappa shape index (κ3) is 2.94. The predicted octanol–water partition coefficient (Wildman–Crippen LogP) is 2.89. The molecule has 1 fully saturated rings. The van der Waals surface area contributed by atoms with Crippen molar-refractivity contribution in [3.05, 3.63) is 41.0 Å². The largest absolute Gasteiger partial charge is 0.491 e. The fraction of sp³-hybridized carbons (Fsp3) is 0.500. The van der Waals surface area contributed by atoms with Gasteiger partial charge in [0.05, 0.1) is 6.04 Å². The number of nitrogens with zero attached hydrogens (tertiary/aromatic N) is 2. The van der Waals surface area contributed by atoms with Crippen molar-refractivity contribution >= 4 is 6.03 Å². The summed E-state index contributed by atoms with van der Waals surface area (Å²) in [5.41, 5.74) is 1.62. The van der Waals surface area contributed by atoms with Crippen LogP contribution in [0.25, 0.3) is 0 Å². The lowest BCUT2D eigenvalue weighted by Gasteiger charge is -2.27. The Labute approximate surface area is 146 Å². The molecule has 25 heavy (non-hydrogen) atoms. The van der Waals surface area contributed by atoms with Crippen molar-refractivity contribution in [3.63, 3.8) is 0 Å². The van der Waals surface area contributed by atoms with E-state index in [2.05, 4.69) is 26.8 Å². The minimum Gasteiger partial charge on any atom is -0.491 e. The summed E-state index contributed by atoms with van der Waals surface area (Å²) in [6.07, 6.45) is 3.69. The second-order valence-corrected chi connectivity index (χ2v) is 6.93. The van der Waals surface area contributed by atoms with Crippen molar-refractivity contribution in [2.24, 2.45) is 0 Å². The van der Waals surface area contributed by atoms with Gasteiger partial charge in [-0.3, -0.25) is 0 Å². The zero-order chi connectivity index (χ0) is 17.4. The maximum Gasteiger partial charge on any atom is 0.316 e. The zero-order valence-electron chi connectivity index (χ0n) is 14.5. The van der Waals surface area contributed by atoms with E-state index in [1.165, 1.54) is 0 Å². The summed E-state index contributed by atoms with van der Waals surface area (Å²) >= 11 is 0. The number of nitrogens with one attached hydrogen (secondary N) is 2. The van der Waals surface area contributed by atoms with Crippen LogP contribution in [0, 0.1) is 13.8 Å². The van der Waals surface area contributed by atoms with E-state index in [0.717, 1.165) is 42.6 Å². The summed E-state index contributed by atoms with van der Waals surface area (Å²) in [7, 11) is 0. The van der Waals surface area contributed by atoms with Crippen LogP contribution < -0.4 is 15.4 Å². The molecule has 0 unspecified atom stereocenters. The number of hydrogen-bond donors (Lipinski definition) is 2.